The molecule has 2 aromatic rings. The Bertz CT molecular complexity index is 566. The van der Waals surface area contributed by atoms with E-state index in [1.807, 2.05) is 44.3 Å². The van der Waals surface area contributed by atoms with Crippen molar-refractivity contribution in [1.29, 1.82) is 0 Å². The number of halogens is 1. The van der Waals surface area contributed by atoms with Gasteiger partial charge in [0.25, 0.3) is 0 Å². The highest BCUT2D eigenvalue weighted by atomic mass is 79.9. The van der Waals surface area contributed by atoms with Crippen molar-refractivity contribution in [2.45, 2.75) is 19.4 Å². The van der Waals surface area contributed by atoms with Gasteiger partial charge in [0, 0.05) is 28.0 Å². The van der Waals surface area contributed by atoms with E-state index in [9.17, 15) is 0 Å². The summed E-state index contributed by atoms with van der Waals surface area (Å²) >= 11 is 3.46. The maximum absolute atomic E-state index is 6.13. The van der Waals surface area contributed by atoms with Gasteiger partial charge in [-0.25, -0.2) is 0 Å². The average Bonchev–Trinajstić information content (AvgIpc) is 2.37. The molecule has 0 saturated heterocycles. The fourth-order valence-electron chi connectivity index (χ4n) is 1.86. The van der Waals surface area contributed by atoms with Gasteiger partial charge >= 0.3 is 0 Å². The highest BCUT2D eigenvalue weighted by Gasteiger charge is 2.12. The van der Waals surface area contributed by atoms with Gasteiger partial charge in [-0.15, -0.1) is 0 Å². The number of aromatic nitrogens is 1. The summed E-state index contributed by atoms with van der Waals surface area (Å²) in [5, 5.41) is 0. The van der Waals surface area contributed by atoms with Crippen LogP contribution in [0.5, 0.6) is 0 Å². The summed E-state index contributed by atoms with van der Waals surface area (Å²) < 4.78 is 1.06. The van der Waals surface area contributed by atoms with Gasteiger partial charge in [0.1, 0.15) is 0 Å². The molecule has 1 heterocycles. The van der Waals surface area contributed by atoms with E-state index in [1.165, 1.54) is 0 Å². The fourth-order valence-corrected chi connectivity index (χ4v) is 2.12. The number of nitrogens with zero attached hydrogens (tertiary/aromatic N) is 1. The first-order valence-electron chi connectivity index (χ1n) is 6.14. The number of hydrogen-bond acceptors (Lipinski definition) is 2. The lowest BCUT2D eigenvalue weighted by atomic mass is 9.93. The highest BCUT2D eigenvalue weighted by Crippen LogP contribution is 2.26. The molecule has 2 rings (SSSR count). The van der Waals surface area contributed by atoms with Gasteiger partial charge < -0.3 is 5.73 Å². The zero-order chi connectivity index (χ0) is 13.9. The summed E-state index contributed by atoms with van der Waals surface area (Å²) in [6.45, 7) is 3.98. The van der Waals surface area contributed by atoms with Crippen LogP contribution in [0.1, 0.15) is 25.0 Å². The van der Waals surface area contributed by atoms with Crippen molar-refractivity contribution in [3.05, 3.63) is 70.5 Å². The van der Waals surface area contributed by atoms with E-state index in [4.69, 9.17) is 5.73 Å². The van der Waals surface area contributed by atoms with Crippen LogP contribution < -0.4 is 5.73 Å². The van der Waals surface area contributed by atoms with Crippen molar-refractivity contribution in [2.75, 3.05) is 0 Å². The summed E-state index contributed by atoms with van der Waals surface area (Å²) in [5.41, 5.74) is 9.07. The van der Waals surface area contributed by atoms with Crippen LogP contribution in [0.2, 0.25) is 0 Å². The third kappa shape index (κ3) is 4.01. The van der Waals surface area contributed by atoms with Gasteiger partial charge in [0.15, 0.2) is 0 Å². The Morgan fingerprint density at radius 3 is 2.37 bits per heavy atom. The summed E-state index contributed by atoms with van der Waals surface area (Å²) in [5.74, 6) is 0. The molecule has 0 spiro atoms. The molecule has 0 fully saturated rings. The van der Waals surface area contributed by atoms with Gasteiger partial charge in [-0.1, -0.05) is 40.2 Å². The molecule has 1 aromatic heterocycles. The zero-order valence-electron chi connectivity index (χ0n) is 11.1. The molecule has 0 aliphatic heterocycles. The number of rotatable bonds is 3. The Morgan fingerprint density at radius 2 is 1.84 bits per heavy atom. The van der Waals surface area contributed by atoms with Crippen molar-refractivity contribution in [3.8, 4) is 0 Å². The molecular weight excluding hydrogens is 300 g/mol. The van der Waals surface area contributed by atoms with Crippen molar-refractivity contribution < 1.29 is 0 Å². The van der Waals surface area contributed by atoms with Crippen LogP contribution in [0.4, 0.5) is 0 Å². The minimum absolute atomic E-state index is 0.377. The van der Waals surface area contributed by atoms with E-state index in [-0.39, 0.29) is 5.54 Å². The lowest BCUT2D eigenvalue weighted by Crippen LogP contribution is -2.29. The average molecular weight is 317 g/mol. The van der Waals surface area contributed by atoms with Crippen molar-refractivity contribution in [1.82, 2.24) is 4.98 Å². The van der Waals surface area contributed by atoms with Crippen LogP contribution in [0, 0.1) is 0 Å². The maximum atomic E-state index is 6.13. The molecule has 0 aliphatic carbocycles. The molecule has 0 aliphatic rings. The monoisotopic (exact) mass is 316 g/mol. The quantitative estimate of drug-likeness (QED) is 0.929. The molecule has 98 valence electrons. The summed E-state index contributed by atoms with van der Waals surface area (Å²) in [4.78, 5) is 4.19. The van der Waals surface area contributed by atoms with E-state index in [1.54, 1.807) is 6.20 Å². The molecule has 0 amide bonds. The van der Waals surface area contributed by atoms with Gasteiger partial charge in [-0.3, -0.25) is 4.98 Å². The lowest BCUT2D eigenvalue weighted by Gasteiger charge is -2.17. The Hall–Kier alpha value is -1.45. The van der Waals surface area contributed by atoms with Crippen molar-refractivity contribution >= 4 is 21.5 Å². The van der Waals surface area contributed by atoms with Crippen LogP contribution in [-0.4, -0.2) is 10.5 Å². The van der Waals surface area contributed by atoms with Gasteiger partial charge in [-0.05, 0) is 43.2 Å². The summed E-state index contributed by atoms with van der Waals surface area (Å²) in [6, 6.07) is 12.2. The Kier molecular flexibility index (Phi) is 4.17. The standard InChI is InChI=1S/C16H17BrN2/c1-16(2,18)10-15(13-4-3-9-19-11-13)12-5-7-14(17)8-6-12/h3-11H,18H2,1-2H3/b15-10-. The molecule has 0 saturated carbocycles. The van der Waals surface area contributed by atoms with Crippen LogP contribution in [-0.2, 0) is 0 Å². The smallest absolute Gasteiger partial charge is 0.0346 e. The molecule has 0 unspecified atom stereocenters. The number of nitrogens with two attached hydrogens (primary N) is 1. The second-order valence-corrected chi connectivity index (χ2v) is 6.04. The third-order valence-electron chi connectivity index (χ3n) is 2.64. The first-order valence-corrected chi connectivity index (χ1v) is 6.93. The van der Waals surface area contributed by atoms with Crippen molar-refractivity contribution in [3.63, 3.8) is 0 Å². The summed E-state index contributed by atoms with van der Waals surface area (Å²) in [6.07, 6.45) is 5.71. The lowest BCUT2D eigenvalue weighted by molar-refractivity contribution is 0.656. The SMILES string of the molecule is CC(C)(N)/C=C(/c1ccc(Br)cc1)c1cccnc1. The zero-order valence-corrected chi connectivity index (χ0v) is 12.7. The Balaban J connectivity index is 2.53. The predicted octanol–water partition coefficient (Wildman–Crippen LogP) is 4.01. The van der Waals surface area contributed by atoms with Gasteiger partial charge in [0.05, 0.1) is 0 Å². The van der Waals surface area contributed by atoms with E-state index in [2.05, 4.69) is 39.1 Å². The Labute approximate surface area is 122 Å². The topological polar surface area (TPSA) is 38.9 Å². The molecule has 1 aromatic carbocycles. The van der Waals surface area contributed by atoms with Crippen molar-refractivity contribution in [2.24, 2.45) is 5.73 Å². The first-order chi connectivity index (χ1) is 8.96. The molecule has 0 atom stereocenters. The molecule has 0 radical (unpaired) electrons. The number of hydrogen-bond donors (Lipinski definition) is 1. The molecule has 19 heavy (non-hydrogen) atoms. The van der Waals surface area contributed by atoms with E-state index in [0.29, 0.717) is 0 Å². The molecule has 3 heteroatoms. The van der Waals surface area contributed by atoms with E-state index in [0.717, 1.165) is 21.2 Å². The van der Waals surface area contributed by atoms with Gasteiger partial charge in [-0.2, -0.15) is 0 Å². The minimum atomic E-state index is -0.377. The van der Waals surface area contributed by atoms with Crippen LogP contribution in [0.3, 0.4) is 0 Å². The van der Waals surface area contributed by atoms with E-state index >= 15 is 0 Å². The largest absolute Gasteiger partial charge is 0.322 e. The van der Waals surface area contributed by atoms with Crippen LogP contribution in [0.15, 0.2) is 59.3 Å². The number of benzene rings is 1. The van der Waals surface area contributed by atoms with Gasteiger partial charge in [0.2, 0.25) is 0 Å². The molecular formula is C16H17BrN2. The maximum Gasteiger partial charge on any atom is 0.0346 e. The first kappa shape index (κ1) is 14.0. The van der Waals surface area contributed by atoms with E-state index < -0.39 is 0 Å². The summed E-state index contributed by atoms with van der Waals surface area (Å²) in [7, 11) is 0. The predicted molar refractivity (Wildman–Crippen MR) is 83.7 cm³/mol. The number of pyridine rings is 1. The minimum Gasteiger partial charge on any atom is -0.322 e. The second kappa shape index (κ2) is 5.68. The third-order valence-corrected chi connectivity index (χ3v) is 3.17. The van der Waals surface area contributed by atoms with Crippen LogP contribution >= 0.6 is 15.9 Å². The molecule has 0 bridgehead atoms. The normalized spacial score (nSPS) is 12.5. The fraction of sp³-hybridized carbons (Fsp3) is 0.188. The Morgan fingerprint density at radius 1 is 1.16 bits per heavy atom. The molecule has 2 N–H and O–H groups in total. The second-order valence-electron chi connectivity index (χ2n) is 5.13. The van der Waals surface area contributed by atoms with Crippen LogP contribution in [0.25, 0.3) is 5.57 Å². The highest BCUT2D eigenvalue weighted by molar-refractivity contribution is 9.10. The molecule has 2 nitrogen and oxygen atoms in total.